The minimum atomic E-state index is -4.36. The van der Waals surface area contributed by atoms with Crippen LogP contribution in [0.4, 0.5) is 13.2 Å². The number of hydrogen-bond acceptors (Lipinski definition) is 2. The number of alkyl halides is 3. The lowest BCUT2D eigenvalue weighted by molar-refractivity contribution is -0.137. The van der Waals surface area contributed by atoms with Crippen LogP contribution in [-0.2, 0) is 6.18 Å². The van der Waals surface area contributed by atoms with E-state index in [4.69, 9.17) is 5.84 Å². The summed E-state index contributed by atoms with van der Waals surface area (Å²) in [6.07, 6.45) is -3.06. The largest absolute Gasteiger partial charge is 0.416 e. The van der Waals surface area contributed by atoms with Gasteiger partial charge in [0.15, 0.2) is 0 Å². The normalized spacial score (nSPS) is 12.6. The van der Waals surface area contributed by atoms with Crippen molar-refractivity contribution in [2.75, 3.05) is 0 Å². The molecule has 0 atom stereocenters. The number of hydrogen-bond donors (Lipinski definition) is 1. The van der Waals surface area contributed by atoms with Crippen LogP contribution in [-0.4, -0.2) is 5.71 Å². The Morgan fingerprint density at radius 1 is 1.40 bits per heavy atom. The van der Waals surface area contributed by atoms with E-state index in [1.165, 1.54) is 18.2 Å². The molecule has 0 amide bonds. The molecule has 0 aromatic heterocycles. The smallest absolute Gasteiger partial charge is 0.323 e. The lowest BCUT2D eigenvalue weighted by atomic mass is 10.1. The average molecular weight is 214 g/mol. The molecule has 0 aliphatic rings. The Labute approximate surface area is 84.9 Å². The van der Waals surface area contributed by atoms with Crippen LogP contribution in [0.2, 0.25) is 0 Å². The van der Waals surface area contributed by atoms with Gasteiger partial charge in [-0.15, -0.1) is 0 Å². The van der Waals surface area contributed by atoms with Crippen LogP contribution in [0.3, 0.4) is 0 Å². The predicted octanol–water partition coefficient (Wildman–Crippen LogP) is 2.55. The Bertz CT molecular complexity index is 394. The van der Waals surface area contributed by atoms with Gasteiger partial charge >= 0.3 is 6.18 Å². The summed E-state index contributed by atoms with van der Waals surface area (Å²) in [5.41, 5.74) is -0.216. The van der Waals surface area contributed by atoms with Gasteiger partial charge in [-0.1, -0.05) is 18.7 Å². The third kappa shape index (κ3) is 2.59. The highest BCUT2D eigenvalue weighted by molar-refractivity contribution is 6.08. The molecule has 2 N–H and O–H groups in total. The molecule has 0 aliphatic heterocycles. The van der Waals surface area contributed by atoms with E-state index in [2.05, 4.69) is 11.7 Å². The van der Waals surface area contributed by atoms with Gasteiger partial charge in [0.1, 0.15) is 0 Å². The molecule has 0 heterocycles. The summed E-state index contributed by atoms with van der Waals surface area (Å²) >= 11 is 0. The second kappa shape index (κ2) is 4.16. The summed E-state index contributed by atoms with van der Waals surface area (Å²) in [4.78, 5) is 0. The van der Waals surface area contributed by atoms with Crippen molar-refractivity contribution in [2.45, 2.75) is 6.18 Å². The fourth-order valence-corrected chi connectivity index (χ4v) is 1.10. The molecule has 0 fully saturated rings. The Kier molecular flexibility index (Phi) is 3.14. The first-order valence-electron chi connectivity index (χ1n) is 4.07. The molecule has 0 aliphatic carbocycles. The zero-order valence-corrected chi connectivity index (χ0v) is 7.75. The van der Waals surface area contributed by atoms with Crippen LogP contribution in [0.5, 0.6) is 0 Å². The maximum atomic E-state index is 12.3. The fraction of sp³-hybridized carbons (Fsp3) is 0.100. The van der Waals surface area contributed by atoms with E-state index in [9.17, 15) is 13.2 Å². The lowest BCUT2D eigenvalue weighted by Crippen LogP contribution is -2.07. The SMILES string of the molecule is C=C/C(=N\N)c1cccc(C(F)(F)F)c1. The van der Waals surface area contributed by atoms with Crippen LogP contribution in [0.15, 0.2) is 42.0 Å². The summed E-state index contributed by atoms with van der Waals surface area (Å²) in [6.45, 7) is 3.41. The third-order valence-corrected chi connectivity index (χ3v) is 1.82. The highest BCUT2D eigenvalue weighted by Gasteiger charge is 2.30. The molecular formula is C10H9F3N2. The molecule has 0 spiro atoms. The number of nitrogens with two attached hydrogens (primary N) is 1. The Morgan fingerprint density at radius 3 is 2.53 bits per heavy atom. The van der Waals surface area contributed by atoms with Gasteiger partial charge in [-0.2, -0.15) is 18.3 Å². The molecule has 0 saturated heterocycles. The van der Waals surface area contributed by atoms with Crippen molar-refractivity contribution < 1.29 is 13.2 Å². The first-order chi connectivity index (χ1) is 6.99. The minimum Gasteiger partial charge on any atom is -0.323 e. The maximum Gasteiger partial charge on any atom is 0.416 e. The van der Waals surface area contributed by atoms with Gasteiger partial charge < -0.3 is 5.84 Å². The molecule has 0 bridgehead atoms. The predicted molar refractivity (Wildman–Crippen MR) is 52.4 cm³/mol. The quantitative estimate of drug-likeness (QED) is 0.458. The van der Waals surface area contributed by atoms with Crippen LogP contribution in [0, 0.1) is 0 Å². The monoisotopic (exact) mass is 214 g/mol. The van der Waals surface area contributed by atoms with Gasteiger partial charge in [0.2, 0.25) is 0 Å². The topological polar surface area (TPSA) is 38.4 Å². The molecule has 0 unspecified atom stereocenters. The minimum absolute atomic E-state index is 0.223. The molecule has 1 aromatic rings. The first kappa shape index (κ1) is 11.3. The second-order valence-corrected chi connectivity index (χ2v) is 2.80. The standard InChI is InChI=1S/C10H9F3N2/c1-2-9(15-14)7-4-3-5-8(6-7)10(11,12)13/h2-6H,1,14H2/b15-9+. The number of halogens is 3. The van der Waals surface area contributed by atoms with E-state index >= 15 is 0 Å². The Hall–Kier alpha value is -1.78. The van der Waals surface area contributed by atoms with Crippen molar-refractivity contribution in [2.24, 2.45) is 10.9 Å². The molecule has 15 heavy (non-hydrogen) atoms. The van der Waals surface area contributed by atoms with Crippen molar-refractivity contribution >= 4 is 5.71 Å². The summed E-state index contributed by atoms with van der Waals surface area (Å²) in [5, 5.41) is 3.33. The van der Waals surface area contributed by atoms with Crippen LogP contribution in [0.1, 0.15) is 11.1 Å². The highest BCUT2D eigenvalue weighted by Crippen LogP contribution is 2.29. The van der Waals surface area contributed by atoms with Gasteiger partial charge in [0, 0.05) is 5.56 Å². The van der Waals surface area contributed by atoms with Crippen LogP contribution in [0.25, 0.3) is 0 Å². The molecule has 1 rings (SSSR count). The number of benzene rings is 1. The highest BCUT2D eigenvalue weighted by atomic mass is 19.4. The zero-order valence-electron chi connectivity index (χ0n) is 7.75. The summed E-state index contributed by atoms with van der Waals surface area (Å²) in [5.74, 6) is 5.01. The third-order valence-electron chi connectivity index (χ3n) is 1.82. The summed E-state index contributed by atoms with van der Waals surface area (Å²) in [6, 6.07) is 4.75. The first-order valence-corrected chi connectivity index (χ1v) is 4.07. The number of allylic oxidation sites excluding steroid dienone is 1. The summed E-state index contributed by atoms with van der Waals surface area (Å²) < 4.78 is 37.0. The number of hydrazone groups is 1. The van der Waals surface area contributed by atoms with Crippen LogP contribution >= 0.6 is 0 Å². The number of rotatable bonds is 2. The second-order valence-electron chi connectivity index (χ2n) is 2.80. The van der Waals surface area contributed by atoms with Gasteiger partial charge in [0.05, 0.1) is 11.3 Å². The molecule has 2 nitrogen and oxygen atoms in total. The van der Waals surface area contributed by atoms with Gasteiger partial charge in [-0.25, -0.2) is 0 Å². The zero-order chi connectivity index (χ0) is 11.5. The van der Waals surface area contributed by atoms with Gasteiger partial charge in [0.25, 0.3) is 0 Å². The molecule has 0 radical (unpaired) electrons. The Morgan fingerprint density at radius 2 is 2.07 bits per heavy atom. The van der Waals surface area contributed by atoms with Crippen molar-refractivity contribution in [3.8, 4) is 0 Å². The average Bonchev–Trinajstić information content (AvgIpc) is 2.19. The molecule has 80 valence electrons. The fourth-order valence-electron chi connectivity index (χ4n) is 1.10. The lowest BCUT2D eigenvalue weighted by Gasteiger charge is -2.08. The summed E-state index contributed by atoms with van der Waals surface area (Å²) in [7, 11) is 0. The Balaban J connectivity index is 3.19. The molecular weight excluding hydrogens is 205 g/mol. The molecule has 1 aromatic carbocycles. The van der Waals surface area contributed by atoms with Gasteiger partial charge in [-0.3, -0.25) is 0 Å². The van der Waals surface area contributed by atoms with E-state index < -0.39 is 11.7 Å². The van der Waals surface area contributed by atoms with E-state index in [1.807, 2.05) is 0 Å². The maximum absolute atomic E-state index is 12.3. The van der Waals surface area contributed by atoms with Gasteiger partial charge in [-0.05, 0) is 18.2 Å². The van der Waals surface area contributed by atoms with Crippen molar-refractivity contribution in [3.63, 3.8) is 0 Å². The van der Waals surface area contributed by atoms with Crippen molar-refractivity contribution in [1.29, 1.82) is 0 Å². The van der Waals surface area contributed by atoms with E-state index in [0.717, 1.165) is 12.1 Å². The van der Waals surface area contributed by atoms with E-state index in [1.54, 1.807) is 0 Å². The van der Waals surface area contributed by atoms with Crippen LogP contribution < -0.4 is 5.84 Å². The van der Waals surface area contributed by atoms with E-state index in [-0.39, 0.29) is 5.71 Å². The van der Waals surface area contributed by atoms with E-state index in [0.29, 0.717) is 5.56 Å². The van der Waals surface area contributed by atoms with Crippen molar-refractivity contribution in [1.82, 2.24) is 0 Å². The number of nitrogens with zero attached hydrogens (tertiary/aromatic N) is 1. The molecule has 0 saturated carbocycles. The van der Waals surface area contributed by atoms with Crippen molar-refractivity contribution in [3.05, 3.63) is 48.0 Å². The molecule has 5 heteroatoms.